The number of pyridine rings is 1. The van der Waals surface area contributed by atoms with E-state index in [9.17, 15) is 5.11 Å². The number of anilines is 1. The first-order valence-electron chi connectivity index (χ1n) is 5.93. The van der Waals surface area contributed by atoms with Crippen LogP contribution in [-0.4, -0.2) is 23.7 Å². The van der Waals surface area contributed by atoms with Crippen molar-refractivity contribution in [2.45, 2.75) is 26.4 Å². The zero-order valence-electron chi connectivity index (χ0n) is 10.2. The first-order valence-corrected chi connectivity index (χ1v) is 5.93. The molecular formula is C13H20N2O. The minimum Gasteiger partial charge on any atom is -0.387 e. The standard InChI is InChI=1S/C13H20N2O/c1-9-6-11(9)8-15(3)12-4-5-13(10(2)16)14-7-12/h4-5,7,9-11,16H,6,8H2,1-3H3. The van der Waals surface area contributed by atoms with Gasteiger partial charge in [-0.25, -0.2) is 0 Å². The van der Waals surface area contributed by atoms with Gasteiger partial charge in [0.05, 0.1) is 23.7 Å². The van der Waals surface area contributed by atoms with Gasteiger partial charge in [0.2, 0.25) is 0 Å². The fourth-order valence-corrected chi connectivity index (χ4v) is 1.98. The lowest BCUT2D eigenvalue weighted by Crippen LogP contribution is -2.20. The van der Waals surface area contributed by atoms with Crippen LogP contribution in [0, 0.1) is 11.8 Å². The Bertz CT molecular complexity index is 347. The van der Waals surface area contributed by atoms with Crippen molar-refractivity contribution in [3.63, 3.8) is 0 Å². The summed E-state index contributed by atoms with van der Waals surface area (Å²) in [5.41, 5.74) is 1.86. The maximum absolute atomic E-state index is 9.37. The lowest BCUT2D eigenvalue weighted by molar-refractivity contribution is 0.194. The Morgan fingerprint density at radius 3 is 2.69 bits per heavy atom. The number of aliphatic hydroxyl groups excluding tert-OH is 1. The van der Waals surface area contributed by atoms with Gasteiger partial charge < -0.3 is 10.0 Å². The molecule has 0 amide bonds. The van der Waals surface area contributed by atoms with Crippen LogP contribution in [0.4, 0.5) is 5.69 Å². The molecule has 0 bridgehead atoms. The maximum Gasteiger partial charge on any atom is 0.0931 e. The van der Waals surface area contributed by atoms with Gasteiger partial charge in [-0.1, -0.05) is 6.92 Å². The maximum atomic E-state index is 9.37. The Kier molecular flexibility index (Phi) is 3.15. The predicted molar refractivity (Wildman–Crippen MR) is 65.4 cm³/mol. The van der Waals surface area contributed by atoms with Crippen molar-refractivity contribution in [1.82, 2.24) is 4.98 Å². The molecule has 0 radical (unpaired) electrons. The summed E-state index contributed by atoms with van der Waals surface area (Å²) >= 11 is 0. The van der Waals surface area contributed by atoms with Crippen LogP contribution in [0.2, 0.25) is 0 Å². The highest BCUT2D eigenvalue weighted by atomic mass is 16.3. The highest BCUT2D eigenvalue weighted by molar-refractivity contribution is 5.44. The molecular weight excluding hydrogens is 200 g/mol. The third kappa shape index (κ3) is 2.53. The van der Waals surface area contributed by atoms with Crippen molar-refractivity contribution in [3.05, 3.63) is 24.0 Å². The van der Waals surface area contributed by atoms with Crippen LogP contribution in [0.3, 0.4) is 0 Å². The van der Waals surface area contributed by atoms with Crippen molar-refractivity contribution in [2.75, 3.05) is 18.5 Å². The van der Waals surface area contributed by atoms with Crippen LogP contribution in [0.25, 0.3) is 0 Å². The van der Waals surface area contributed by atoms with Crippen LogP contribution in [0.5, 0.6) is 0 Å². The van der Waals surface area contributed by atoms with E-state index in [1.807, 2.05) is 18.3 Å². The summed E-state index contributed by atoms with van der Waals surface area (Å²) in [5, 5.41) is 9.37. The van der Waals surface area contributed by atoms with Crippen LogP contribution >= 0.6 is 0 Å². The third-order valence-electron chi connectivity index (χ3n) is 3.42. The number of aliphatic hydroxyl groups is 1. The second-order valence-corrected chi connectivity index (χ2v) is 4.97. The topological polar surface area (TPSA) is 36.4 Å². The van der Waals surface area contributed by atoms with E-state index in [2.05, 4.69) is 23.9 Å². The summed E-state index contributed by atoms with van der Waals surface area (Å²) < 4.78 is 0. The van der Waals surface area contributed by atoms with Gasteiger partial charge in [0.1, 0.15) is 0 Å². The van der Waals surface area contributed by atoms with Gasteiger partial charge in [0.25, 0.3) is 0 Å². The molecule has 0 saturated heterocycles. The van der Waals surface area contributed by atoms with E-state index in [1.165, 1.54) is 6.42 Å². The minimum atomic E-state index is -0.484. The number of rotatable bonds is 4. The molecule has 0 aromatic carbocycles. The molecule has 3 atom stereocenters. The second kappa shape index (κ2) is 4.42. The highest BCUT2D eigenvalue weighted by Gasteiger charge is 2.33. The molecule has 1 aromatic rings. The van der Waals surface area contributed by atoms with Gasteiger partial charge in [-0.3, -0.25) is 4.98 Å². The monoisotopic (exact) mass is 220 g/mol. The molecule has 1 heterocycles. The smallest absolute Gasteiger partial charge is 0.0931 e. The number of nitrogens with zero attached hydrogens (tertiary/aromatic N) is 2. The molecule has 1 N–H and O–H groups in total. The van der Waals surface area contributed by atoms with E-state index in [0.717, 1.165) is 29.8 Å². The molecule has 88 valence electrons. The summed E-state index contributed by atoms with van der Waals surface area (Å²) in [7, 11) is 2.10. The lowest BCUT2D eigenvalue weighted by Gasteiger charge is -2.19. The molecule has 1 aliphatic carbocycles. The largest absolute Gasteiger partial charge is 0.387 e. The van der Waals surface area contributed by atoms with E-state index in [1.54, 1.807) is 6.92 Å². The summed E-state index contributed by atoms with van der Waals surface area (Å²) in [5.74, 6) is 1.73. The molecule has 1 saturated carbocycles. The summed E-state index contributed by atoms with van der Waals surface area (Å²) in [6.45, 7) is 5.14. The Morgan fingerprint density at radius 1 is 1.56 bits per heavy atom. The predicted octanol–water partition coefficient (Wildman–Crippen LogP) is 2.23. The van der Waals surface area contributed by atoms with Crippen molar-refractivity contribution in [2.24, 2.45) is 11.8 Å². The van der Waals surface area contributed by atoms with E-state index in [-0.39, 0.29) is 0 Å². The fourth-order valence-electron chi connectivity index (χ4n) is 1.98. The average Bonchev–Trinajstić information content (AvgIpc) is 2.94. The van der Waals surface area contributed by atoms with Gasteiger partial charge in [0, 0.05) is 13.6 Å². The highest BCUT2D eigenvalue weighted by Crippen LogP contribution is 2.38. The van der Waals surface area contributed by atoms with E-state index in [4.69, 9.17) is 0 Å². The summed E-state index contributed by atoms with van der Waals surface area (Å²) in [6.07, 6.45) is 2.71. The normalized spacial score (nSPS) is 25.2. The number of hydrogen-bond acceptors (Lipinski definition) is 3. The summed E-state index contributed by atoms with van der Waals surface area (Å²) in [6, 6.07) is 3.93. The van der Waals surface area contributed by atoms with Crippen LogP contribution in [0.1, 0.15) is 32.1 Å². The molecule has 0 aliphatic heterocycles. The molecule has 1 fully saturated rings. The van der Waals surface area contributed by atoms with Crippen LogP contribution < -0.4 is 4.90 Å². The zero-order valence-corrected chi connectivity index (χ0v) is 10.2. The molecule has 3 nitrogen and oxygen atoms in total. The molecule has 1 aromatic heterocycles. The van der Waals surface area contributed by atoms with Gasteiger partial charge >= 0.3 is 0 Å². The SMILES string of the molecule is CC(O)c1ccc(N(C)CC2CC2C)cn1. The van der Waals surface area contributed by atoms with E-state index < -0.39 is 6.10 Å². The number of hydrogen-bond donors (Lipinski definition) is 1. The Balaban J connectivity index is 1.97. The van der Waals surface area contributed by atoms with Crippen molar-refractivity contribution < 1.29 is 5.11 Å². The van der Waals surface area contributed by atoms with Gasteiger partial charge in [-0.05, 0) is 37.3 Å². The number of aromatic nitrogens is 1. The van der Waals surface area contributed by atoms with Crippen molar-refractivity contribution >= 4 is 5.69 Å². The van der Waals surface area contributed by atoms with E-state index >= 15 is 0 Å². The lowest BCUT2D eigenvalue weighted by atomic mass is 10.2. The zero-order chi connectivity index (χ0) is 11.7. The first kappa shape index (κ1) is 11.4. The molecule has 1 aliphatic rings. The van der Waals surface area contributed by atoms with Crippen LogP contribution in [-0.2, 0) is 0 Å². The van der Waals surface area contributed by atoms with Gasteiger partial charge in [-0.15, -0.1) is 0 Å². The fraction of sp³-hybridized carbons (Fsp3) is 0.615. The molecule has 0 spiro atoms. The quantitative estimate of drug-likeness (QED) is 0.845. The molecule has 3 heteroatoms. The summed E-state index contributed by atoms with van der Waals surface area (Å²) in [4.78, 5) is 6.50. The minimum absolute atomic E-state index is 0.484. The second-order valence-electron chi connectivity index (χ2n) is 4.97. The van der Waals surface area contributed by atoms with Crippen LogP contribution in [0.15, 0.2) is 18.3 Å². The molecule has 2 rings (SSSR count). The average molecular weight is 220 g/mol. The van der Waals surface area contributed by atoms with Gasteiger partial charge in [-0.2, -0.15) is 0 Å². The molecule has 3 unspecified atom stereocenters. The Labute approximate surface area is 97.1 Å². The van der Waals surface area contributed by atoms with Crippen molar-refractivity contribution in [1.29, 1.82) is 0 Å². The third-order valence-corrected chi connectivity index (χ3v) is 3.42. The van der Waals surface area contributed by atoms with E-state index in [0.29, 0.717) is 0 Å². The van der Waals surface area contributed by atoms with Crippen molar-refractivity contribution in [3.8, 4) is 0 Å². The Morgan fingerprint density at radius 2 is 2.25 bits per heavy atom. The first-order chi connectivity index (χ1) is 7.58. The molecule has 16 heavy (non-hydrogen) atoms. The Hall–Kier alpha value is -1.09. The van der Waals surface area contributed by atoms with Gasteiger partial charge in [0.15, 0.2) is 0 Å².